The molecule has 1 heterocycles. The summed E-state index contributed by atoms with van der Waals surface area (Å²) in [4.78, 5) is 10.6. The smallest absolute Gasteiger partial charge is 0.219 e. The van der Waals surface area contributed by atoms with Gasteiger partial charge in [0.25, 0.3) is 0 Å². The summed E-state index contributed by atoms with van der Waals surface area (Å²) in [6.07, 6.45) is 4.47. The molecule has 2 atom stereocenters. The number of nitrogens with one attached hydrogen (secondary N) is 1. The fraction of sp³-hybridized carbons (Fsp3) is 0.625. The molecule has 3 nitrogen and oxygen atoms in total. The van der Waals surface area contributed by atoms with Gasteiger partial charge in [0.1, 0.15) is 0 Å². The van der Waals surface area contributed by atoms with Gasteiger partial charge < -0.3 is 10.1 Å². The monoisotopic (exact) mass is 155 g/mol. The van der Waals surface area contributed by atoms with Crippen molar-refractivity contribution in [2.45, 2.75) is 26.5 Å². The van der Waals surface area contributed by atoms with E-state index in [2.05, 4.69) is 12.2 Å². The van der Waals surface area contributed by atoms with Crippen LogP contribution in [-0.2, 0) is 9.53 Å². The van der Waals surface area contributed by atoms with Crippen LogP contribution in [0, 0.1) is 5.92 Å². The maximum Gasteiger partial charge on any atom is 0.219 e. The summed E-state index contributed by atoms with van der Waals surface area (Å²) in [5.41, 5.74) is 0. The average Bonchev–Trinajstić information content (AvgIpc) is 2.34. The number of amides is 1. The van der Waals surface area contributed by atoms with Crippen molar-refractivity contribution < 1.29 is 9.53 Å². The third kappa shape index (κ3) is 1.97. The molecule has 11 heavy (non-hydrogen) atoms. The molecule has 0 bridgehead atoms. The van der Waals surface area contributed by atoms with Gasteiger partial charge in [0.15, 0.2) is 6.23 Å². The first-order chi connectivity index (χ1) is 5.24. The molecule has 0 radical (unpaired) electrons. The van der Waals surface area contributed by atoms with E-state index in [1.807, 2.05) is 6.08 Å². The first-order valence-electron chi connectivity index (χ1n) is 3.83. The van der Waals surface area contributed by atoms with Gasteiger partial charge in [-0.3, -0.25) is 4.79 Å². The normalized spacial score (nSPS) is 28.2. The highest BCUT2D eigenvalue weighted by molar-refractivity contribution is 5.73. The molecular formula is C8H13NO2. The molecular weight excluding hydrogens is 142 g/mol. The Hall–Kier alpha value is -0.990. The largest absolute Gasteiger partial charge is 0.478 e. The van der Waals surface area contributed by atoms with E-state index in [1.165, 1.54) is 6.92 Å². The van der Waals surface area contributed by atoms with Gasteiger partial charge >= 0.3 is 0 Å². The van der Waals surface area contributed by atoms with E-state index in [-0.39, 0.29) is 12.1 Å². The maximum atomic E-state index is 10.6. The van der Waals surface area contributed by atoms with E-state index in [0.29, 0.717) is 5.92 Å². The molecule has 0 saturated heterocycles. The number of hydrogen-bond acceptors (Lipinski definition) is 2. The molecule has 0 saturated carbocycles. The molecule has 0 aromatic rings. The van der Waals surface area contributed by atoms with Crippen molar-refractivity contribution in [1.29, 1.82) is 0 Å². The summed E-state index contributed by atoms with van der Waals surface area (Å²) in [6, 6.07) is 0. The molecule has 0 aromatic carbocycles. The number of ether oxygens (including phenoxy) is 1. The molecule has 0 aliphatic carbocycles. The zero-order chi connectivity index (χ0) is 8.27. The van der Waals surface area contributed by atoms with Crippen LogP contribution in [-0.4, -0.2) is 12.1 Å². The van der Waals surface area contributed by atoms with Gasteiger partial charge in [0, 0.05) is 12.8 Å². The summed E-state index contributed by atoms with van der Waals surface area (Å²) < 4.78 is 5.15. The lowest BCUT2D eigenvalue weighted by molar-refractivity contribution is -0.122. The van der Waals surface area contributed by atoms with Crippen LogP contribution in [0.1, 0.15) is 20.3 Å². The minimum Gasteiger partial charge on any atom is -0.478 e. The second-order valence-electron chi connectivity index (χ2n) is 2.66. The van der Waals surface area contributed by atoms with Crippen LogP contribution >= 0.6 is 0 Å². The maximum absolute atomic E-state index is 10.6. The van der Waals surface area contributed by atoms with Gasteiger partial charge in [-0.1, -0.05) is 6.92 Å². The summed E-state index contributed by atoms with van der Waals surface area (Å²) in [6.45, 7) is 3.56. The number of hydrogen-bond donors (Lipinski definition) is 1. The van der Waals surface area contributed by atoms with E-state index in [9.17, 15) is 4.79 Å². The van der Waals surface area contributed by atoms with Crippen molar-refractivity contribution in [2.24, 2.45) is 5.92 Å². The van der Waals surface area contributed by atoms with Crippen molar-refractivity contribution in [3.05, 3.63) is 12.3 Å². The standard InChI is InChI=1S/C8H13NO2/c1-3-7-4-5-11-8(7)9-6(2)10/h4-5,7-8H,3H2,1-2H3,(H,9,10). The summed E-state index contributed by atoms with van der Waals surface area (Å²) in [5, 5.41) is 2.72. The minimum atomic E-state index is -0.141. The molecule has 1 aliphatic rings. The second kappa shape index (κ2) is 3.42. The molecule has 2 unspecified atom stereocenters. The topological polar surface area (TPSA) is 38.3 Å². The molecule has 62 valence electrons. The van der Waals surface area contributed by atoms with E-state index in [4.69, 9.17) is 4.74 Å². The quantitative estimate of drug-likeness (QED) is 0.646. The molecule has 3 heteroatoms. The third-order valence-corrected chi connectivity index (χ3v) is 1.76. The molecule has 0 spiro atoms. The van der Waals surface area contributed by atoms with Gasteiger partial charge in [-0.15, -0.1) is 0 Å². The van der Waals surface area contributed by atoms with Crippen LogP contribution < -0.4 is 5.32 Å². The number of rotatable bonds is 2. The molecule has 0 aromatic heterocycles. The van der Waals surface area contributed by atoms with Crippen molar-refractivity contribution in [2.75, 3.05) is 0 Å². The minimum absolute atomic E-state index is 0.0443. The highest BCUT2D eigenvalue weighted by Gasteiger charge is 2.22. The van der Waals surface area contributed by atoms with Gasteiger partial charge in [-0.25, -0.2) is 0 Å². The van der Waals surface area contributed by atoms with E-state index in [0.717, 1.165) is 6.42 Å². The first-order valence-corrected chi connectivity index (χ1v) is 3.83. The number of carbonyl (C=O) groups is 1. The molecule has 1 N–H and O–H groups in total. The Morgan fingerprint density at radius 2 is 2.45 bits per heavy atom. The predicted molar refractivity (Wildman–Crippen MR) is 41.6 cm³/mol. The highest BCUT2D eigenvalue weighted by Crippen LogP contribution is 2.18. The Kier molecular flexibility index (Phi) is 2.52. The summed E-state index contributed by atoms with van der Waals surface area (Å²) in [5.74, 6) is 0.288. The van der Waals surface area contributed by atoms with Crippen LogP contribution in [0.5, 0.6) is 0 Å². The molecule has 0 fully saturated rings. The van der Waals surface area contributed by atoms with Gasteiger partial charge in [0.2, 0.25) is 5.91 Å². The Bertz CT molecular complexity index is 177. The van der Waals surface area contributed by atoms with Crippen molar-refractivity contribution >= 4 is 5.91 Å². The molecule has 1 aliphatic heterocycles. The Balaban J connectivity index is 2.41. The molecule has 1 rings (SSSR count). The SMILES string of the molecule is CCC1C=COC1NC(C)=O. The van der Waals surface area contributed by atoms with Crippen LogP contribution in [0.4, 0.5) is 0 Å². The highest BCUT2D eigenvalue weighted by atomic mass is 16.5. The predicted octanol–water partition coefficient (Wildman–Crippen LogP) is 1.02. The zero-order valence-corrected chi connectivity index (χ0v) is 6.83. The Morgan fingerprint density at radius 3 is 3.00 bits per heavy atom. The second-order valence-corrected chi connectivity index (χ2v) is 2.66. The fourth-order valence-electron chi connectivity index (χ4n) is 1.12. The van der Waals surface area contributed by atoms with E-state index in [1.54, 1.807) is 6.26 Å². The molecule has 1 amide bonds. The van der Waals surface area contributed by atoms with Crippen molar-refractivity contribution in [1.82, 2.24) is 5.32 Å². The van der Waals surface area contributed by atoms with Crippen molar-refractivity contribution in [3.63, 3.8) is 0 Å². The van der Waals surface area contributed by atoms with E-state index >= 15 is 0 Å². The Labute approximate surface area is 66.4 Å². The van der Waals surface area contributed by atoms with Crippen LogP contribution in [0.3, 0.4) is 0 Å². The van der Waals surface area contributed by atoms with Crippen molar-refractivity contribution in [3.8, 4) is 0 Å². The lowest BCUT2D eigenvalue weighted by Crippen LogP contribution is -2.37. The average molecular weight is 155 g/mol. The zero-order valence-electron chi connectivity index (χ0n) is 6.83. The van der Waals surface area contributed by atoms with Gasteiger partial charge in [-0.05, 0) is 12.5 Å². The summed E-state index contributed by atoms with van der Waals surface area (Å²) in [7, 11) is 0. The van der Waals surface area contributed by atoms with Crippen LogP contribution in [0.15, 0.2) is 12.3 Å². The van der Waals surface area contributed by atoms with Crippen LogP contribution in [0.25, 0.3) is 0 Å². The fourth-order valence-corrected chi connectivity index (χ4v) is 1.12. The first kappa shape index (κ1) is 8.11. The van der Waals surface area contributed by atoms with Gasteiger partial charge in [-0.2, -0.15) is 0 Å². The van der Waals surface area contributed by atoms with Gasteiger partial charge in [0.05, 0.1) is 6.26 Å². The summed E-state index contributed by atoms with van der Waals surface area (Å²) >= 11 is 0. The Morgan fingerprint density at radius 1 is 1.73 bits per heavy atom. The van der Waals surface area contributed by atoms with Crippen LogP contribution in [0.2, 0.25) is 0 Å². The lowest BCUT2D eigenvalue weighted by Gasteiger charge is -2.17. The van der Waals surface area contributed by atoms with E-state index < -0.39 is 0 Å². The number of carbonyl (C=O) groups excluding carboxylic acids is 1. The third-order valence-electron chi connectivity index (χ3n) is 1.76. The lowest BCUT2D eigenvalue weighted by atomic mass is 10.1.